The Morgan fingerprint density at radius 2 is 2.00 bits per heavy atom. The molecule has 3 N–H and O–H groups in total. The lowest BCUT2D eigenvalue weighted by Gasteiger charge is -2.16. The first-order valence-electron chi connectivity index (χ1n) is 8.73. The first kappa shape index (κ1) is 19.7. The van der Waals surface area contributed by atoms with Gasteiger partial charge in [-0.2, -0.15) is 0 Å². The summed E-state index contributed by atoms with van der Waals surface area (Å²) in [6.45, 7) is 2.46. The highest BCUT2D eigenvalue weighted by molar-refractivity contribution is 5.95. The lowest BCUT2D eigenvalue weighted by molar-refractivity contribution is -0.120. The van der Waals surface area contributed by atoms with Crippen LogP contribution in [0.5, 0.6) is 0 Å². The van der Waals surface area contributed by atoms with E-state index in [1.54, 1.807) is 14.2 Å². The molecule has 2 rings (SSSR count). The molecule has 0 radical (unpaired) electrons. The fraction of sp³-hybridized carbons (Fsp3) is 0.500. The first-order chi connectivity index (χ1) is 12.6. The highest BCUT2D eigenvalue weighted by atomic mass is 16.5. The molecule has 8 heteroatoms. The number of guanidine groups is 1. The molecule has 142 valence electrons. The molecule has 1 aliphatic rings. The van der Waals surface area contributed by atoms with Crippen LogP contribution in [-0.2, 0) is 20.9 Å². The lowest BCUT2D eigenvalue weighted by atomic mass is 10.2. The molecule has 0 saturated carbocycles. The minimum Gasteiger partial charge on any atom is -0.383 e. The molecular weight excluding hydrogens is 334 g/mol. The third-order valence-corrected chi connectivity index (χ3v) is 4.05. The van der Waals surface area contributed by atoms with Crippen molar-refractivity contribution in [3.8, 4) is 0 Å². The van der Waals surface area contributed by atoms with E-state index in [4.69, 9.17) is 4.74 Å². The predicted molar refractivity (Wildman–Crippen MR) is 101 cm³/mol. The number of aliphatic imine (C=N–C) groups is 1. The highest BCUT2D eigenvalue weighted by Crippen LogP contribution is 2.21. The second-order valence-corrected chi connectivity index (χ2v) is 5.94. The number of nitrogens with one attached hydrogen (secondary N) is 3. The van der Waals surface area contributed by atoms with Gasteiger partial charge in [0.1, 0.15) is 0 Å². The molecule has 8 nitrogen and oxygen atoms in total. The number of benzene rings is 1. The molecule has 0 aliphatic carbocycles. The van der Waals surface area contributed by atoms with E-state index < -0.39 is 0 Å². The maximum Gasteiger partial charge on any atom is 0.239 e. The van der Waals surface area contributed by atoms with E-state index in [1.165, 1.54) is 0 Å². The fourth-order valence-electron chi connectivity index (χ4n) is 2.64. The quantitative estimate of drug-likeness (QED) is 0.350. The number of amides is 2. The van der Waals surface area contributed by atoms with Gasteiger partial charge in [-0.1, -0.05) is 12.1 Å². The third-order valence-electron chi connectivity index (χ3n) is 4.05. The minimum absolute atomic E-state index is 0.121. The van der Waals surface area contributed by atoms with E-state index in [0.29, 0.717) is 32.1 Å². The van der Waals surface area contributed by atoms with Crippen molar-refractivity contribution >= 4 is 23.5 Å². The van der Waals surface area contributed by atoms with E-state index in [2.05, 4.69) is 20.9 Å². The van der Waals surface area contributed by atoms with E-state index in [-0.39, 0.29) is 18.4 Å². The maximum atomic E-state index is 11.8. The molecule has 1 aromatic carbocycles. The molecule has 0 atom stereocenters. The fourth-order valence-corrected chi connectivity index (χ4v) is 2.64. The minimum atomic E-state index is -0.121. The van der Waals surface area contributed by atoms with Gasteiger partial charge in [0.05, 0.1) is 13.2 Å². The van der Waals surface area contributed by atoms with Crippen LogP contribution < -0.4 is 20.9 Å². The zero-order chi connectivity index (χ0) is 18.8. The second kappa shape index (κ2) is 10.4. The van der Waals surface area contributed by atoms with Gasteiger partial charge in [-0.3, -0.25) is 14.6 Å². The van der Waals surface area contributed by atoms with E-state index in [1.807, 2.05) is 29.2 Å². The number of anilines is 1. The van der Waals surface area contributed by atoms with Crippen molar-refractivity contribution in [3.05, 3.63) is 29.8 Å². The van der Waals surface area contributed by atoms with Crippen LogP contribution in [0.25, 0.3) is 0 Å². The Hall–Kier alpha value is -2.61. The van der Waals surface area contributed by atoms with Crippen molar-refractivity contribution in [2.24, 2.45) is 4.99 Å². The number of hydrogen-bond donors (Lipinski definition) is 3. The Kier molecular flexibility index (Phi) is 7.88. The summed E-state index contributed by atoms with van der Waals surface area (Å²) >= 11 is 0. The standard InChI is InChI=1S/C18H27N5O3/c1-19-18(22-13-16(24)20-9-11-26-2)21-12-14-5-7-15(8-6-14)23-10-3-4-17(23)25/h5-8H,3-4,9-13H2,1-2H3,(H,20,24)(H2,19,21,22). The first-order valence-corrected chi connectivity index (χ1v) is 8.73. The molecule has 0 spiro atoms. The normalized spacial score (nSPS) is 14.5. The summed E-state index contributed by atoms with van der Waals surface area (Å²) in [6.07, 6.45) is 1.55. The van der Waals surface area contributed by atoms with Gasteiger partial charge in [0, 0.05) is 45.9 Å². The molecule has 0 unspecified atom stereocenters. The Bertz CT molecular complexity index is 630. The largest absolute Gasteiger partial charge is 0.383 e. The maximum absolute atomic E-state index is 11.8. The summed E-state index contributed by atoms with van der Waals surface area (Å²) < 4.78 is 4.88. The average molecular weight is 361 g/mol. The molecule has 1 heterocycles. The Balaban J connectivity index is 1.75. The number of methoxy groups -OCH3 is 1. The van der Waals surface area contributed by atoms with Gasteiger partial charge in [0.2, 0.25) is 11.8 Å². The number of carbonyl (C=O) groups is 2. The molecule has 0 bridgehead atoms. The topological polar surface area (TPSA) is 95.1 Å². The Morgan fingerprint density at radius 1 is 1.23 bits per heavy atom. The molecule has 1 aliphatic heterocycles. The van der Waals surface area contributed by atoms with E-state index in [9.17, 15) is 9.59 Å². The van der Waals surface area contributed by atoms with Gasteiger partial charge in [-0.15, -0.1) is 0 Å². The van der Waals surface area contributed by atoms with Gasteiger partial charge in [-0.25, -0.2) is 0 Å². The lowest BCUT2D eigenvalue weighted by Crippen LogP contribution is -2.43. The van der Waals surface area contributed by atoms with Crippen molar-refractivity contribution in [1.82, 2.24) is 16.0 Å². The van der Waals surface area contributed by atoms with Crippen LogP contribution in [0.2, 0.25) is 0 Å². The van der Waals surface area contributed by atoms with Crippen LogP contribution in [0.1, 0.15) is 18.4 Å². The number of nitrogens with zero attached hydrogens (tertiary/aromatic N) is 2. The molecule has 1 fully saturated rings. The summed E-state index contributed by atoms with van der Waals surface area (Å²) in [4.78, 5) is 29.3. The van der Waals surface area contributed by atoms with Crippen LogP contribution in [0.4, 0.5) is 5.69 Å². The van der Waals surface area contributed by atoms with Crippen molar-refractivity contribution in [2.45, 2.75) is 19.4 Å². The smallest absolute Gasteiger partial charge is 0.239 e. The van der Waals surface area contributed by atoms with E-state index >= 15 is 0 Å². The molecular formula is C18H27N5O3. The van der Waals surface area contributed by atoms with Crippen LogP contribution in [-0.4, -0.2) is 58.2 Å². The summed E-state index contributed by atoms with van der Waals surface area (Å²) in [7, 11) is 3.24. The molecule has 1 saturated heterocycles. The van der Waals surface area contributed by atoms with E-state index in [0.717, 1.165) is 24.2 Å². The average Bonchev–Trinajstić information content (AvgIpc) is 3.08. The highest BCUT2D eigenvalue weighted by Gasteiger charge is 2.21. The third kappa shape index (κ3) is 6.03. The summed E-state index contributed by atoms with van der Waals surface area (Å²) in [5.74, 6) is 0.611. The SMILES string of the molecule is CN=C(NCC(=O)NCCOC)NCc1ccc(N2CCCC2=O)cc1. The molecule has 26 heavy (non-hydrogen) atoms. The molecule has 2 amide bonds. The van der Waals surface area contributed by atoms with Crippen molar-refractivity contribution in [1.29, 1.82) is 0 Å². The monoisotopic (exact) mass is 361 g/mol. The molecule has 0 aromatic heterocycles. The molecule has 1 aromatic rings. The summed E-state index contributed by atoms with van der Waals surface area (Å²) in [5, 5.41) is 8.85. The van der Waals surface area contributed by atoms with Gasteiger partial charge >= 0.3 is 0 Å². The van der Waals surface area contributed by atoms with Gasteiger partial charge in [-0.05, 0) is 24.1 Å². The zero-order valence-corrected chi connectivity index (χ0v) is 15.4. The van der Waals surface area contributed by atoms with Crippen LogP contribution in [0, 0.1) is 0 Å². The van der Waals surface area contributed by atoms with Crippen molar-refractivity contribution < 1.29 is 14.3 Å². The van der Waals surface area contributed by atoms with Crippen molar-refractivity contribution in [3.63, 3.8) is 0 Å². The van der Waals surface area contributed by atoms with Gasteiger partial charge in [0.15, 0.2) is 5.96 Å². The summed E-state index contributed by atoms with van der Waals surface area (Å²) in [5.41, 5.74) is 2.00. The Labute approximate surface area is 154 Å². The van der Waals surface area contributed by atoms with Crippen molar-refractivity contribution in [2.75, 3.05) is 45.3 Å². The van der Waals surface area contributed by atoms with Crippen LogP contribution in [0.3, 0.4) is 0 Å². The van der Waals surface area contributed by atoms with Crippen LogP contribution in [0.15, 0.2) is 29.3 Å². The van der Waals surface area contributed by atoms with Gasteiger partial charge < -0.3 is 25.6 Å². The number of carbonyl (C=O) groups excluding carboxylic acids is 2. The summed E-state index contributed by atoms with van der Waals surface area (Å²) in [6, 6.07) is 7.89. The second-order valence-electron chi connectivity index (χ2n) is 5.94. The van der Waals surface area contributed by atoms with Crippen LogP contribution >= 0.6 is 0 Å². The number of ether oxygens (including phenoxy) is 1. The number of hydrogen-bond acceptors (Lipinski definition) is 4. The predicted octanol–water partition coefficient (Wildman–Crippen LogP) is 0.241. The number of rotatable bonds is 8. The Morgan fingerprint density at radius 3 is 2.62 bits per heavy atom. The van der Waals surface area contributed by atoms with Gasteiger partial charge in [0.25, 0.3) is 0 Å². The zero-order valence-electron chi connectivity index (χ0n) is 15.4.